The first-order valence-corrected chi connectivity index (χ1v) is 32.4. The van der Waals surface area contributed by atoms with Crippen molar-refractivity contribution in [2.24, 2.45) is 0 Å². The Morgan fingerprint density at radius 3 is 0.868 bits per heavy atom. The average Bonchev–Trinajstić information content (AvgIpc) is 3.42. The van der Waals surface area contributed by atoms with Crippen LogP contribution >= 0.6 is 0 Å². The molecule has 0 aliphatic heterocycles. The molecule has 1 unspecified atom stereocenters. The highest BCUT2D eigenvalue weighted by Crippen LogP contribution is 2.17. The molecular weight excluding hydrogens is 933 g/mol. The van der Waals surface area contributed by atoms with Crippen LogP contribution in [-0.4, -0.2) is 36.4 Å². The third kappa shape index (κ3) is 63.1. The number of aliphatic hydroxyl groups is 1. The SMILES string of the molecule is CC/C=C\C/C=C\C/C=C\C/C=C\C/C=C\C/C=C\C/C=C\C/C=C\CCCCCCCCCCCCC(=O)OC(CO)COC(=O)CCCCCCCCCCCCCCCCC/C=C\CCCCCCCCCC. The summed E-state index contributed by atoms with van der Waals surface area (Å²) in [4.78, 5) is 24.6. The normalized spacial score (nSPS) is 12.9. The van der Waals surface area contributed by atoms with Crippen molar-refractivity contribution in [3.63, 3.8) is 0 Å². The predicted octanol–water partition coefficient (Wildman–Crippen LogP) is 22.4. The zero-order chi connectivity index (χ0) is 54.8. The molecule has 0 rings (SSSR count). The Labute approximate surface area is 471 Å². The summed E-state index contributed by atoms with van der Waals surface area (Å²) in [6.45, 7) is 4.05. The predicted molar refractivity (Wildman–Crippen MR) is 334 cm³/mol. The molecule has 0 aliphatic rings. The molecule has 0 aromatic heterocycles. The van der Waals surface area contributed by atoms with Gasteiger partial charge in [-0.15, -0.1) is 0 Å². The van der Waals surface area contributed by atoms with E-state index in [1.165, 1.54) is 193 Å². The van der Waals surface area contributed by atoms with Crippen molar-refractivity contribution in [2.45, 2.75) is 315 Å². The van der Waals surface area contributed by atoms with E-state index in [0.717, 1.165) is 89.9 Å². The Hall–Kier alpha value is -3.44. The average molecular weight is 1060 g/mol. The van der Waals surface area contributed by atoms with Crippen molar-refractivity contribution >= 4 is 11.9 Å². The second-order valence-electron chi connectivity index (χ2n) is 21.5. The Kier molecular flexibility index (Phi) is 62.9. The van der Waals surface area contributed by atoms with E-state index in [4.69, 9.17) is 9.47 Å². The minimum absolute atomic E-state index is 0.0699. The summed E-state index contributed by atoms with van der Waals surface area (Å²) >= 11 is 0. The second kappa shape index (κ2) is 65.8. The molecule has 0 radical (unpaired) electrons. The molecule has 0 saturated carbocycles. The molecule has 0 aromatic rings. The Balaban J connectivity index is 3.51. The van der Waals surface area contributed by atoms with Gasteiger partial charge in [-0.25, -0.2) is 0 Å². The molecule has 0 saturated heterocycles. The van der Waals surface area contributed by atoms with E-state index in [2.05, 4.69) is 123 Å². The largest absolute Gasteiger partial charge is 0.462 e. The highest BCUT2D eigenvalue weighted by atomic mass is 16.6. The fourth-order valence-corrected chi connectivity index (χ4v) is 9.22. The van der Waals surface area contributed by atoms with Gasteiger partial charge in [-0.3, -0.25) is 9.59 Å². The summed E-state index contributed by atoms with van der Waals surface area (Å²) in [6.07, 6.45) is 95.2. The van der Waals surface area contributed by atoms with Crippen molar-refractivity contribution in [2.75, 3.05) is 13.2 Å². The fourth-order valence-electron chi connectivity index (χ4n) is 9.22. The third-order valence-electron chi connectivity index (χ3n) is 14.1. The van der Waals surface area contributed by atoms with Gasteiger partial charge in [-0.1, -0.05) is 303 Å². The van der Waals surface area contributed by atoms with Crippen molar-refractivity contribution < 1.29 is 24.2 Å². The van der Waals surface area contributed by atoms with Crippen LogP contribution in [0.25, 0.3) is 0 Å². The Morgan fingerprint density at radius 1 is 0.316 bits per heavy atom. The lowest BCUT2D eigenvalue weighted by molar-refractivity contribution is -0.161. The van der Waals surface area contributed by atoms with E-state index in [0.29, 0.717) is 12.8 Å². The van der Waals surface area contributed by atoms with E-state index in [9.17, 15) is 14.7 Å². The van der Waals surface area contributed by atoms with Gasteiger partial charge in [0, 0.05) is 12.8 Å². The van der Waals surface area contributed by atoms with Crippen LogP contribution in [0.5, 0.6) is 0 Å². The molecule has 76 heavy (non-hydrogen) atoms. The molecule has 5 heteroatoms. The fraction of sp³-hybridized carbons (Fsp3) is 0.718. The van der Waals surface area contributed by atoms with Crippen LogP contribution in [0.4, 0.5) is 0 Å². The number of esters is 2. The van der Waals surface area contributed by atoms with E-state index < -0.39 is 6.10 Å². The number of rotatable bonds is 59. The molecule has 0 heterocycles. The van der Waals surface area contributed by atoms with Gasteiger partial charge in [0.2, 0.25) is 0 Å². The molecule has 0 bridgehead atoms. The molecular formula is C71H122O5. The van der Waals surface area contributed by atoms with Crippen LogP contribution in [0.15, 0.2) is 109 Å². The van der Waals surface area contributed by atoms with Gasteiger partial charge in [0.25, 0.3) is 0 Å². The number of aliphatic hydroxyl groups excluding tert-OH is 1. The quantitative estimate of drug-likeness (QED) is 0.0373. The third-order valence-corrected chi connectivity index (χ3v) is 14.1. The standard InChI is InChI=1S/C71H122O5/c1-3-5-7-9-11-13-15-17-19-21-23-25-27-29-31-32-33-34-35-36-37-38-40-42-44-46-48-50-52-54-56-58-60-62-64-66-71(74)76-69(67-72)68-75-70(73)65-63-61-59-57-55-53-51-49-47-45-43-41-39-30-28-26-24-22-20-18-16-14-12-10-8-6-4-2/h5,7,11,13,17,19,22-25,29,31,33-34,36-37,40,42,69,72H,3-4,6,8-10,12,14-16,18,20-21,26-28,30,32,35,38-39,41,43-68H2,1-2H3/b7-5-,13-11-,19-17-,24-22-,25-23-,31-29-,34-33-,37-36-,42-40-. The monoisotopic (exact) mass is 1050 g/mol. The summed E-state index contributed by atoms with van der Waals surface area (Å²) < 4.78 is 10.7. The maximum Gasteiger partial charge on any atom is 0.306 e. The van der Waals surface area contributed by atoms with E-state index in [1.54, 1.807) is 0 Å². The summed E-state index contributed by atoms with van der Waals surface area (Å²) in [5, 5.41) is 9.69. The van der Waals surface area contributed by atoms with Crippen LogP contribution in [0, 0.1) is 0 Å². The minimum Gasteiger partial charge on any atom is -0.462 e. The maximum absolute atomic E-state index is 12.3. The van der Waals surface area contributed by atoms with E-state index in [-0.39, 0.29) is 25.2 Å². The van der Waals surface area contributed by atoms with Gasteiger partial charge in [-0.05, 0) is 103 Å². The topological polar surface area (TPSA) is 72.8 Å². The smallest absolute Gasteiger partial charge is 0.306 e. The van der Waals surface area contributed by atoms with Gasteiger partial charge in [0.15, 0.2) is 6.10 Å². The van der Waals surface area contributed by atoms with Gasteiger partial charge in [-0.2, -0.15) is 0 Å². The molecule has 0 amide bonds. The number of ether oxygens (including phenoxy) is 2. The maximum atomic E-state index is 12.3. The minimum atomic E-state index is -0.781. The second-order valence-corrected chi connectivity index (χ2v) is 21.5. The van der Waals surface area contributed by atoms with E-state index in [1.807, 2.05) is 0 Å². The highest BCUT2D eigenvalue weighted by Gasteiger charge is 2.16. The lowest BCUT2D eigenvalue weighted by atomic mass is 10.0. The zero-order valence-corrected chi connectivity index (χ0v) is 50.0. The summed E-state index contributed by atoms with van der Waals surface area (Å²) in [7, 11) is 0. The lowest BCUT2D eigenvalue weighted by Gasteiger charge is -2.15. The summed E-state index contributed by atoms with van der Waals surface area (Å²) in [6, 6.07) is 0. The number of allylic oxidation sites excluding steroid dienone is 18. The first-order chi connectivity index (χ1) is 37.6. The lowest BCUT2D eigenvalue weighted by Crippen LogP contribution is -2.28. The molecule has 0 spiro atoms. The zero-order valence-electron chi connectivity index (χ0n) is 50.0. The number of carbonyl (C=O) groups is 2. The summed E-state index contributed by atoms with van der Waals surface area (Å²) in [5.41, 5.74) is 0. The number of carbonyl (C=O) groups excluding carboxylic acids is 2. The number of unbranched alkanes of at least 4 members (excludes halogenated alkanes) is 33. The molecule has 5 nitrogen and oxygen atoms in total. The molecule has 0 fully saturated rings. The van der Waals surface area contributed by atoms with Crippen molar-refractivity contribution in [3.8, 4) is 0 Å². The van der Waals surface area contributed by atoms with Crippen LogP contribution in [-0.2, 0) is 19.1 Å². The first-order valence-electron chi connectivity index (χ1n) is 32.4. The van der Waals surface area contributed by atoms with Crippen molar-refractivity contribution in [1.82, 2.24) is 0 Å². The van der Waals surface area contributed by atoms with Crippen LogP contribution in [0.2, 0.25) is 0 Å². The molecule has 0 aromatic carbocycles. The van der Waals surface area contributed by atoms with Gasteiger partial charge >= 0.3 is 11.9 Å². The molecule has 1 N–H and O–H groups in total. The summed E-state index contributed by atoms with van der Waals surface area (Å²) in [5.74, 6) is -0.589. The number of hydrogen-bond donors (Lipinski definition) is 1. The van der Waals surface area contributed by atoms with Gasteiger partial charge in [0.1, 0.15) is 6.61 Å². The first kappa shape index (κ1) is 72.6. The highest BCUT2D eigenvalue weighted by molar-refractivity contribution is 5.70. The number of hydrogen-bond acceptors (Lipinski definition) is 5. The van der Waals surface area contributed by atoms with E-state index >= 15 is 0 Å². The Morgan fingerprint density at radius 2 is 0.566 bits per heavy atom. The van der Waals surface area contributed by atoms with Crippen molar-refractivity contribution in [3.05, 3.63) is 109 Å². The molecule has 1 atom stereocenters. The van der Waals surface area contributed by atoms with Gasteiger partial charge in [0.05, 0.1) is 6.61 Å². The van der Waals surface area contributed by atoms with Crippen LogP contribution < -0.4 is 0 Å². The van der Waals surface area contributed by atoms with Crippen LogP contribution in [0.1, 0.15) is 309 Å². The van der Waals surface area contributed by atoms with Crippen molar-refractivity contribution in [1.29, 1.82) is 0 Å². The van der Waals surface area contributed by atoms with Gasteiger partial charge < -0.3 is 14.6 Å². The Bertz CT molecular complexity index is 1470. The molecule has 436 valence electrons. The van der Waals surface area contributed by atoms with Crippen LogP contribution in [0.3, 0.4) is 0 Å². The molecule has 0 aliphatic carbocycles.